The summed E-state index contributed by atoms with van der Waals surface area (Å²) in [5, 5.41) is 0. The molecule has 61 valence electrons. The first-order chi connectivity index (χ1) is 4.56. The van der Waals surface area contributed by atoms with Gasteiger partial charge in [-0.3, -0.25) is 0 Å². The van der Waals surface area contributed by atoms with E-state index in [1.165, 1.54) is 0 Å². The molecule has 0 fully saturated rings. The average Bonchev–Trinajstić information content (AvgIpc) is 1.78. The molecule has 0 amide bonds. The van der Waals surface area contributed by atoms with Gasteiger partial charge in [0, 0.05) is 6.61 Å². The highest BCUT2D eigenvalue weighted by Crippen LogP contribution is 2.06. The van der Waals surface area contributed by atoms with Crippen LogP contribution in [0.15, 0.2) is 0 Å². The Hall–Kier alpha value is -0.0800. The smallest absolute Gasteiger partial charge is 0.109 e. The second-order valence-corrected chi connectivity index (χ2v) is 3.05. The van der Waals surface area contributed by atoms with Gasteiger partial charge in [0.2, 0.25) is 0 Å². The molecule has 0 bridgehead atoms. The third-order valence-corrected chi connectivity index (χ3v) is 0.869. The highest BCUT2D eigenvalue weighted by atomic mass is 16.5. The van der Waals surface area contributed by atoms with Crippen LogP contribution in [-0.2, 0) is 9.47 Å². The summed E-state index contributed by atoms with van der Waals surface area (Å²) in [5.41, 5.74) is -0.0619. The van der Waals surface area contributed by atoms with E-state index in [0.29, 0.717) is 13.2 Å². The zero-order chi connectivity index (χ0) is 8.04. The standard InChI is InChI=1S/C8H17O2/c1-5-9-6-7-10-8(2,3)4/h6H,5,7H2,1-4H3. The molecule has 10 heavy (non-hydrogen) atoms. The van der Waals surface area contributed by atoms with Crippen LogP contribution in [0, 0.1) is 6.61 Å². The van der Waals surface area contributed by atoms with Crippen LogP contribution >= 0.6 is 0 Å². The molecule has 0 saturated heterocycles. The lowest BCUT2D eigenvalue weighted by Crippen LogP contribution is -2.20. The second kappa shape index (κ2) is 4.69. The molecule has 0 aromatic rings. The van der Waals surface area contributed by atoms with Crippen LogP contribution in [-0.4, -0.2) is 18.8 Å². The maximum absolute atomic E-state index is 5.35. The van der Waals surface area contributed by atoms with Crippen LogP contribution in [0.25, 0.3) is 0 Å². The molecule has 0 heterocycles. The van der Waals surface area contributed by atoms with E-state index < -0.39 is 0 Å². The van der Waals surface area contributed by atoms with Gasteiger partial charge in [0.15, 0.2) is 0 Å². The van der Waals surface area contributed by atoms with E-state index in [0.717, 1.165) is 0 Å². The average molecular weight is 145 g/mol. The lowest BCUT2D eigenvalue weighted by molar-refractivity contribution is -0.0122. The van der Waals surface area contributed by atoms with Crippen molar-refractivity contribution in [2.45, 2.75) is 33.3 Å². The third-order valence-electron chi connectivity index (χ3n) is 0.869. The van der Waals surface area contributed by atoms with Crippen LogP contribution in [0.1, 0.15) is 27.7 Å². The van der Waals surface area contributed by atoms with Crippen molar-refractivity contribution in [2.75, 3.05) is 13.2 Å². The SMILES string of the molecule is CCO[CH]COC(C)(C)C. The Morgan fingerprint density at radius 2 is 1.90 bits per heavy atom. The minimum Gasteiger partial charge on any atom is -0.373 e. The topological polar surface area (TPSA) is 18.5 Å². The molecule has 2 nitrogen and oxygen atoms in total. The zero-order valence-electron chi connectivity index (χ0n) is 7.31. The fourth-order valence-corrected chi connectivity index (χ4v) is 0.450. The van der Waals surface area contributed by atoms with E-state index in [4.69, 9.17) is 9.47 Å². The van der Waals surface area contributed by atoms with Gasteiger partial charge in [-0.2, -0.15) is 0 Å². The molecule has 0 N–H and O–H groups in total. The van der Waals surface area contributed by atoms with Gasteiger partial charge in [-0.05, 0) is 27.7 Å². The molecule has 0 aliphatic heterocycles. The largest absolute Gasteiger partial charge is 0.373 e. The van der Waals surface area contributed by atoms with E-state index in [1.807, 2.05) is 27.7 Å². The molecule has 0 spiro atoms. The quantitative estimate of drug-likeness (QED) is 0.563. The van der Waals surface area contributed by atoms with Crippen molar-refractivity contribution in [1.29, 1.82) is 0 Å². The van der Waals surface area contributed by atoms with Crippen molar-refractivity contribution >= 4 is 0 Å². The Kier molecular flexibility index (Phi) is 4.65. The van der Waals surface area contributed by atoms with Crippen LogP contribution < -0.4 is 0 Å². The summed E-state index contributed by atoms with van der Waals surface area (Å²) in [6, 6.07) is 0. The fourth-order valence-electron chi connectivity index (χ4n) is 0.450. The summed E-state index contributed by atoms with van der Waals surface area (Å²) in [4.78, 5) is 0. The lowest BCUT2D eigenvalue weighted by Gasteiger charge is -2.18. The van der Waals surface area contributed by atoms with Crippen LogP contribution in [0.3, 0.4) is 0 Å². The summed E-state index contributed by atoms with van der Waals surface area (Å²) < 4.78 is 10.3. The number of hydrogen-bond acceptors (Lipinski definition) is 2. The first kappa shape index (κ1) is 9.92. The van der Waals surface area contributed by atoms with Gasteiger partial charge < -0.3 is 9.47 Å². The van der Waals surface area contributed by atoms with Crippen molar-refractivity contribution in [3.05, 3.63) is 6.61 Å². The van der Waals surface area contributed by atoms with Gasteiger partial charge >= 0.3 is 0 Å². The Bertz CT molecular complexity index is 73.8. The highest BCUT2D eigenvalue weighted by molar-refractivity contribution is 4.60. The predicted molar refractivity (Wildman–Crippen MR) is 41.6 cm³/mol. The normalized spacial score (nSPS) is 12.0. The molecule has 0 aromatic heterocycles. The Morgan fingerprint density at radius 3 is 2.30 bits per heavy atom. The Balaban J connectivity index is 3.04. The lowest BCUT2D eigenvalue weighted by atomic mass is 10.2. The van der Waals surface area contributed by atoms with E-state index in [2.05, 4.69) is 0 Å². The van der Waals surface area contributed by atoms with Gasteiger partial charge in [-0.25, -0.2) is 0 Å². The Labute approximate surface area is 63.5 Å². The summed E-state index contributed by atoms with van der Waals surface area (Å²) in [7, 11) is 0. The maximum atomic E-state index is 5.35. The van der Waals surface area contributed by atoms with Crippen molar-refractivity contribution in [1.82, 2.24) is 0 Å². The highest BCUT2D eigenvalue weighted by Gasteiger charge is 2.08. The number of ether oxygens (including phenoxy) is 2. The maximum Gasteiger partial charge on any atom is 0.109 e. The zero-order valence-corrected chi connectivity index (χ0v) is 7.31. The van der Waals surface area contributed by atoms with Crippen LogP contribution in [0.2, 0.25) is 0 Å². The van der Waals surface area contributed by atoms with Gasteiger partial charge in [0.25, 0.3) is 0 Å². The molecule has 0 aliphatic rings. The first-order valence-electron chi connectivity index (χ1n) is 3.63. The minimum absolute atomic E-state index is 0.0619. The predicted octanol–water partition coefficient (Wildman–Crippen LogP) is 2.00. The summed E-state index contributed by atoms with van der Waals surface area (Å²) in [6.45, 7) is 11.0. The molecular weight excluding hydrogens is 128 g/mol. The van der Waals surface area contributed by atoms with E-state index >= 15 is 0 Å². The van der Waals surface area contributed by atoms with E-state index in [1.54, 1.807) is 6.61 Å². The molecule has 0 atom stereocenters. The van der Waals surface area contributed by atoms with Gasteiger partial charge in [-0.1, -0.05) is 0 Å². The van der Waals surface area contributed by atoms with Crippen LogP contribution in [0.5, 0.6) is 0 Å². The first-order valence-corrected chi connectivity index (χ1v) is 3.63. The van der Waals surface area contributed by atoms with Gasteiger partial charge in [0.05, 0.1) is 12.2 Å². The molecule has 0 saturated carbocycles. The van der Waals surface area contributed by atoms with Gasteiger partial charge in [-0.15, -0.1) is 0 Å². The monoisotopic (exact) mass is 145 g/mol. The molecule has 2 heteroatoms. The Morgan fingerprint density at radius 1 is 1.30 bits per heavy atom. The number of rotatable bonds is 4. The second-order valence-electron chi connectivity index (χ2n) is 3.05. The molecule has 0 aliphatic carbocycles. The van der Waals surface area contributed by atoms with Crippen molar-refractivity contribution in [3.8, 4) is 0 Å². The van der Waals surface area contributed by atoms with Crippen molar-refractivity contribution < 1.29 is 9.47 Å². The summed E-state index contributed by atoms with van der Waals surface area (Å²) >= 11 is 0. The van der Waals surface area contributed by atoms with Crippen LogP contribution in [0.4, 0.5) is 0 Å². The number of hydrogen-bond donors (Lipinski definition) is 0. The summed E-state index contributed by atoms with van der Waals surface area (Å²) in [5.74, 6) is 0. The summed E-state index contributed by atoms with van der Waals surface area (Å²) in [6.07, 6.45) is 0. The van der Waals surface area contributed by atoms with E-state index in [-0.39, 0.29) is 5.60 Å². The molecule has 1 radical (unpaired) electrons. The molecule has 0 unspecified atom stereocenters. The van der Waals surface area contributed by atoms with Gasteiger partial charge in [0.1, 0.15) is 6.61 Å². The molecule has 0 rings (SSSR count). The molecular formula is C8H17O2. The fraction of sp³-hybridized carbons (Fsp3) is 0.875. The van der Waals surface area contributed by atoms with E-state index in [9.17, 15) is 0 Å². The molecule has 0 aromatic carbocycles. The van der Waals surface area contributed by atoms with Crippen molar-refractivity contribution in [2.24, 2.45) is 0 Å². The van der Waals surface area contributed by atoms with Crippen molar-refractivity contribution in [3.63, 3.8) is 0 Å². The third kappa shape index (κ3) is 7.92. The minimum atomic E-state index is -0.0619.